The van der Waals surface area contributed by atoms with E-state index in [0.29, 0.717) is 31.9 Å². The minimum Gasteiger partial charge on any atom is -0.367 e. The largest absolute Gasteiger partial charge is 0.416 e. The molecule has 3 N–H and O–H groups in total. The molecule has 1 aromatic rings. The predicted octanol–water partition coefficient (Wildman–Crippen LogP) is 2.55. The maximum absolute atomic E-state index is 12.6. The van der Waals surface area contributed by atoms with Crippen molar-refractivity contribution >= 4 is 5.91 Å². The number of alkyl halides is 3. The first-order valence-corrected chi connectivity index (χ1v) is 8.68. The molecular formula is C18H25F3N2O3. The van der Waals surface area contributed by atoms with E-state index in [1.54, 1.807) is 0 Å². The number of ether oxygens (including phenoxy) is 1. The third kappa shape index (κ3) is 5.96. The highest BCUT2D eigenvalue weighted by Crippen LogP contribution is 2.29. The molecule has 8 heteroatoms. The average molecular weight is 374 g/mol. The van der Waals surface area contributed by atoms with Crippen LogP contribution in [0.3, 0.4) is 0 Å². The Balaban J connectivity index is 1.96. The number of carbonyl (C=O) groups excluding carboxylic acids is 1. The molecule has 3 atom stereocenters. The Kier molecular flexibility index (Phi) is 7.02. The van der Waals surface area contributed by atoms with Crippen LogP contribution in [0.15, 0.2) is 24.3 Å². The van der Waals surface area contributed by atoms with E-state index in [9.17, 15) is 23.1 Å². The van der Waals surface area contributed by atoms with Crippen LogP contribution in [0.1, 0.15) is 42.6 Å². The highest BCUT2D eigenvalue weighted by molar-refractivity contribution is 5.94. The van der Waals surface area contributed by atoms with Gasteiger partial charge in [0, 0.05) is 18.2 Å². The number of aliphatic hydroxyl groups is 1. The zero-order chi connectivity index (χ0) is 19.3. The second-order valence-electron chi connectivity index (χ2n) is 6.94. The minimum atomic E-state index is -4.43. The summed E-state index contributed by atoms with van der Waals surface area (Å²) in [6.45, 7) is 4.96. The number of carbonyl (C=O) groups is 1. The number of hydrogen-bond donors (Lipinski definition) is 3. The van der Waals surface area contributed by atoms with Gasteiger partial charge in [0.05, 0.1) is 18.2 Å². The predicted molar refractivity (Wildman–Crippen MR) is 90.5 cm³/mol. The van der Waals surface area contributed by atoms with E-state index in [0.717, 1.165) is 12.1 Å². The van der Waals surface area contributed by atoms with E-state index in [1.807, 2.05) is 13.8 Å². The SMILES string of the molecule is CC(C)C[C@H](CN[C@H]1CCOC1O)NC(=O)c1ccc(C(F)(F)F)cc1. The standard InChI is InChI=1S/C18H25F3N2O3/c1-11(2)9-14(10-22-15-7-8-26-17(15)25)23-16(24)12-3-5-13(6-4-12)18(19,20)21/h3-6,11,14-15,17,22,25H,7-10H2,1-2H3,(H,23,24)/t14-,15+,17?/m1/s1. The number of aliphatic hydroxyl groups excluding tert-OH is 1. The number of halogens is 3. The molecule has 1 aromatic carbocycles. The van der Waals surface area contributed by atoms with Gasteiger partial charge in [-0.3, -0.25) is 4.79 Å². The van der Waals surface area contributed by atoms with Crippen LogP contribution in [0.4, 0.5) is 13.2 Å². The Morgan fingerprint density at radius 3 is 2.46 bits per heavy atom. The van der Waals surface area contributed by atoms with Crippen molar-refractivity contribution in [1.29, 1.82) is 0 Å². The van der Waals surface area contributed by atoms with Crippen molar-refractivity contribution in [3.8, 4) is 0 Å². The van der Waals surface area contributed by atoms with E-state index < -0.39 is 23.9 Å². The van der Waals surface area contributed by atoms with Crippen molar-refractivity contribution in [2.45, 2.75) is 51.2 Å². The summed E-state index contributed by atoms with van der Waals surface area (Å²) in [6, 6.07) is 3.75. The molecule has 1 unspecified atom stereocenters. The van der Waals surface area contributed by atoms with Crippen molar-refractivity contribution in [3.63, 3.8) is 0 Å². The van der Waals surface area contributed by atoms with E-state index in [-0.39, 0.29) is 17.6 Å². The Labute approximate surface area is 150 Å². The molecule has 1 aliphatic heterocycles. The molecule has 2 rings (SSSR count). The number of rotatable bonds is 7. The summed E-state index contributed by atoms with van der Waals surface area (Å²) in [5, 5.41) is 15.7. The van der Waals surface area contributed by atoms with Crippen molar-refractivity contribution < 1.29 is 27.8 Å². The smallest absolute Gasteiger partial charge is 0.367 e. The molecular weight excluding hydrogens is 349 g/mol. The molecule has 0 bridgehead atoms. The molecule has 0 aromatic heterocycles. The maximum atomic E-state index is 12.6. The van der Waals surface area contributed by atoms with Gasteiger partial charge in [-0.05, 0) is 43.0 Å². The summed E-state index contributed by atoms with van der Waals surface area (Å²) < 4.78 is 42.9. The fourth-order valence-electron chi connectivity index (χ4n) is 2.91. The van der Waals surface area contributed by atoms with Crippen molar-refractivity contribution in [1.82, 2.24) is 10.6 Å². The molecule has 26 heavy (non-hydrogen) atoms. The zero-order valence-corrected chi connectivity index (χ0v) is 14.8. The number of amides is 1. The average Bonchev–Trinajstić information content (AvgIpc) is 2.96. The molecule has 1 heterocycles. The van der Waals surface area contributed by atoms with Crippen LogP contribution in [-0.2, 0) is 10.9 Å². The molecule has 0 spiro atoms. The van der Waals surface area contributed by atoms with Gasteiger partial charge in [-0.1, -0.05) is 13.8 Å². The molecule has 5 nitrogen and oxygen atoms in total. The van der Waals surface area contributed by atoms with Crippen LogP contribution in [0.2, 0.25) is 0 Å². The fourth-order valence-corrected chi connectivity index (χ4v) is 2.91. The molecule has 0 radical (unpaired) electrons. The topological polar surface area (TPSA) is 70.6 Å². The van der Waals surface area contributed by atoms with Gasteiger partial charge >= 0.3 is 6.18 Å². The molecule has 1 saturated heterocycles. The second kappa shape index (κ2) is 8.83. The maximum Gasteiger partial charge on any atom is 0.416 e. The van der Waals surface area contributed by atoms with Gasteiger partial charge in [0.15, 0.2) is 6.29 Å². The van der Waals surface area contributed by atoms with Gasteiger partial charge in [0.2, 0.25) is 0 Å². The number of benzene rings is 1. The third-order valence-electron chi connectivity index (χ3n) is 4.25. The Morgan fingerprint density at radius 1 is 1.31 bits per heavy atom. The van der Waals surface area contributed by atoms with Gasteiger partial charge in [-0.15, -0.1) is 0 Å². The number of hydrogen-bond acceptors (Lipinski definition) is 4. The Hall–Kier alpha value is -1.64. The summed E-state index contributed by atoms with van der Waals surface area (Å²) in [5.41, 5.74) is -0.611. The molecule has 1 fully saturated rings. The Morgan fingerprint density at radius 2 is 1.96 bits per heavy atom. The van der Waals surface area contributed by atoms with Crippen LogP contribution in [0, 0.1) is 5.92 Å². The third-order valence-corrected chi connectivity index (χ3v) is 4.25. The lowest BCUT2D eigenvalue weighted by atomic mass is 10.0. The first-order chi connectivity index (χ1) is 12.2. The second-order valence-corrected chi connectivity index (χ2v) is 6.94. The summed E-state index contributed by atoms with van der Waals surface area (Å²) in [7, 11) is 0. The van der Waals surface area contributed by atoms with Crippen LogP contribution in [0.25, 0.3) is 0 Å². The van der Waals surface area contributed by atoms with Crippen LogP contribution in [0.5, 0.6) is 0 Å². The van der Waals surface area contributed by atoms with Gasteiger partial charge < -0.3 is 20.5 Å². The van der Waals surface area contributed by atoms with E-state index in [4.69, 9.17) is 4.74 Å². The van der Waals surface area contributed by atoms with Crippen LogP contribution in [-0.4, -0.2) is 42.5 Å². The molecule has 0 aliphatic carbocycles. The van der Waals surface area contributed by atoms with Crippen molar-refractivity contribution in [3.05, 3.63) is 35.4 Å². The molecule has 0 saturated carbocycles. The normalized spacial score (nSPS) is 21.8. The molecule has 1 aliphatic rings. The summed E-state index contributed by atoms with van der Waals surface area (Å²) in [6.07, 6.45) is -3.91. The highest BCUT2D eigenvalue weighted by Gasteiger charge is 2.30. The van der Waals surface area contributed by atoms with E-state index in [1.165, 1.54) is 12.1 Å². The van der Waals surface area contributed by atoms with Gasteiger partial charge in [0.1, 0.15) is 0 Å². The molecule has 1 amide bonds. The zero-order valence-electron chi connectivity index (χ0n) is 14.8. The monoisotopic (exact) mass is 374 g/mol. The minimum absolute atomic E-state index is 0.177. The van der Waals surface area contributed by atoms with Crippen molar-refractivity contribution in [2.24, 2.45) is 5.92 Å². The Bertz CT molecular complexity index is 590. The highest BCUT2D eigenvalue weighted by atomic mass is 19.4. The fraction of sp³-hybridized carbons (Fsp3) is 0.611. The first-order valence-electron chi connectivity index (χ1n) is 8.68. The lowest BCUT2D eigenvalue weighted by molar-refractivity contribution is -0.137. The number of nitrogens with one attached hydrogen (secondary N) is 2. The van der Waals surface area contributed by atoms with E-state index in [2.05, 4.69) is 10.6 Å². The summed E-state index contributed by atoms with van der Waals surface area (Å²) in [5.74, 6) is -0.103. The summed E-state index contributed by atoms with van der Waals surface area (Å²) >= 11 is 0. The van der Waals surface area contributed by atoms with E-state index >= 15 is 0 Å². The first kappa shape index (κ1) is 20.7. The van der Waals surface area contributed by atoms with Gasteiger partial charge in [0.25, 0.3) is 5.91 Å². The molecule has 146 valence electrons. The van der Waals surface area contributed by atoms with Crippen molar-refractivity contribution in [2.75, 3.05) is 13.2 Å². The van der Waals surface area contributed by atoms with Crippen LogP contribution >= 0.6 is 0 Å². The van der Waals surface area contributed by atoms with Gasteiger partial charge in [-0.2, -0.15) is 13.2 Å². The van der Waals surface area contributed by atoms with Crippen LogP contribution < -0.4 is 10.6 Å². The summed E-state index contributed by atoms with van der Waals surface area (Å²) in [4.78, 5) is 12.4. The quantitative estimate of drug-likeness (QED) is 0.686. The van der Waals surface area contributed by atoms with Gasteiger partial charge in [-0.25, -0.2) is 0 Å². The lowest BCUT2D eigenvalue weighted by Crippen LogP contribution is -2.47. The lowest BCUT2D eigenvalue weighted by Gasteiger charge is -2.24.